The summed E-state index contributed by atoms with van der Waals surface area (Å²) in [6.07, 6.45) is 2.57. The van der Waals surface area contributed by atoms with Gasteiger partial charge in [-0.25, -0.2) is 0 Å². The van der Waals surface area contributed by atoms with Gasteiger partial charge >= 0.3 is 0 Å². The Bertz CT molecular complexity index is 311. The Labute approximate surface area is 104 Å². The lowest BCUT2D eigenvalue weighted by Gasteiger charge is -2.33. The molecule has 3 heteroatoms. The van der Waals surface area contributed by atoms with Gasteiger partial charge in [-0.3, -0.25) is 0 Å². The highest BCUT2D eigenvalue weighted by molar-refractivity contribution is 5.14. The number of likely N-dealkylation sites (tertiary alicyclic amines) is 1. The Morgan fingerprint density at radius 3 is 2.88 bits per heavy atom. The zero-order chi connectivity index (χ0) is 11.9. The number of hydrogen-bond donors (Lipinski definition) is 2. The molecule has 17 heavy (non-hydrogen) atoms. The van der Waals surface area contributed by atoms with Crippen molar-refractivity contribution >= 4 is 0 Å². The van der Waals surface area contributed by atoms with Crippen LogP contribution < -0.4 is 11.1 Å². The predicted molar refractivity (Wildman–Crippen MR) is 71.8 cm³/mol. The van der Waals surface area contributed by atoms with E-state index in [1.165, 1.54) is 24.9 Å². The number of rotatable bonds is 5. The van der Waals surface area contributed by atoms with Gasteiger partial charge in [0.05, 0.1) is 0 Å². The summed E-state index contributed by atoms with van der Waals surface area (Å²) in [6, 6.07) is 11.2. The number of benzene rings is 1. The summed E-state index contributed by atoms with van der Waals surface area (Å²) < 4.78 is 0. The second-order valence-electron chi connectivity index (χ2n) is 4.79. The summed E-state index contributed by atoms with van der Waals surface area (Å²) >= 11 is 0. The average Bonchev–Trinajstić information content (AvgIpc) is 2.39. The number of nitrogens with two attached hydrogens (primary N) is 1. The van der Waals surface area contributed by atoms with Gasteiger partial charge in [0.1, 0.15) is 0 Å². The second-order valence-corrected chi connectivity index (χ2v) is 4.79. The Morgan fingerprint density at radius 1 is 1.29 bits per heavy atom. The SMILES string of the molecule is NCCN1CCCC(NCc2ccccc2)C1. The average molecular weight is 233 g/mol. The van der Waals surface area contributed by atoms with E-state index in [-0.39, 0.29) is 0 Å². The van der Waals surface area contributed by atoms with Crippen molar-refractivity contribution < 1.29 is 0 Å². The van der Waals surface area contributed by atoms with Gasteiger partial charge in [0, 0.05) is 32.2 Å². The standard InChI is InChI=1S/C14H23N3/c15-8-10-17-9-4-7-14(12-17)16-11-13-5-2-1-3-6-13/h1-3,5-6,14,16H,4,7-12,15H2. The molecule has 1 aliphatic rings. The van der Waals surface area contributed by atoms with Crippen LogP contribution in [0.15, 0.2) is 30.3 Å². The summed E-state index contributed by atoms with van der Waals surface area (Å²) in [5, 5.41) is 3.64. The molecule has 0 bridgehead atoms. The maximum atomic E-state index is 5.61. The van der Waals surface area contributed by atoms with E-state index in [9.17, 15) is 0 Å². The summed E-state index contributed by atoms with van der Waals surface area (Å²) in [5.41, 5.74) is 6.97. The molecule has 3 nitrogen and oxygen atoms in total. The highest BCUT2D eigenvalue weighted by Gasteiger charge is 2.18. The molecule has 0 saturated carbocycles. The lowest BCUT2D eigenvalue weighted by atomic mass is 10.1. The van der Waals surface area contributed by atoms with Crippen molar-refractivity contribution in [3.63, 3.8) is 0 Å². The largest absolute Gasteiger partial charge is 0.329 e. The molecular formula is C14H23N3. The van der Waals surface area contributed by atoms with Crippen molar-refractivity contribution in [3.8, 4) is 0 Å². The summed E-state index contributed by atoms with van der Waals surface area (Å²) in [5.74, 6) is 0. The van der Waals surface area contributed by atoms with Gasteiger partial charge in [-0.15, -0.1) is 0 Å². The fourth-order valence-corrected chi connectivity index (χ4v) is 2.47. The Kier molecular flexibility index (Phi) is 4.98. The van der Waals surface area contributed by atoms with Crippen LogP contribution in [0.2, 0.25) is 0 Å². The van der Waals surface area contributed by atoms with E-state index in [0.29, 0.717) is 6.04 Å². The van der Waals surface area contributed by atoms with Crippen molar-refractivity contribution in [3.05, 3.63) is 35.9 Å². The Morgan fingerprint density at radius 2 is 2.12 bits per heavy atom. The van der Waals surface area contributed by atoms with Gasteiger partial charge in [-0.05, 0) is 24.9 Å². The molecule has 1 heterocycles. The third kappa shape index (κ3) is 4.11. The molecule has 1 unspecified atom stereocenters. The number of nitrogens with zero attached hydrogens (tertiary/aromatic N) is 1. The lowest BCUT2D eigenvalue weighted by molar-refractivity contribution is 0.194. The molecule has 94 valence electrons. The van der Waals surface area contributed by atoms with Gasteiger partial charge in [0.2, 0.25) is 0 Å². The minimum Gasteiger partial charge on any atom is -0.329 e. The first-order valence-corrected chi connectivity index (χ1v) is 6.58. The van der Waals surface area contributed by atoms with Gasteiger partial charge in [0.15, 0.2) is 0 Å². The molecule has 1 aliphatic heterocycles. The first kappa shape index (κ1) is 12.6. The molecule has 0 aliphatic carbocycles. The maximum absolute atomic E-state index is 5.61. The predicted octanol–water partition coefficient (Wildman–Crippen LogP) is 1.20. The van der Waals surface area contributed by atoms with Crippen LogP contribution >= 0.6 is 0 Å². The monoisotopic (exact) mass is 233 g/mol. The van der Waals surface area contributed by atoms with Crippen LogP contribution in [0.1, 0.15) is 18.4 Å². The molecule has 0 radical (unpaired) electrons. The molecule has 1 aromatic rings. The van der Waals surface area contributed by atoms with Crippen LogP contribution in [0.25, 0.3) is 0 Å². The highest BCUT2D eigenvalue weighted by Crippen LogP contribution is 2.10. The minimum atomic E-state index is 0.621. The highest BCUT2D eigenvalue weighted by atomic mass is 15.2. The van der Waals surface area contributed by atoms with Crippen LogP contribution in [0.4, 0.5) is 0 Å². The number of piperidine rings is 1. The molecule has 2 rings (SSSR count). The minimum absolute atomic E-state index is 0.621. The van der Waals surface area contributed by atoms with E-state index in [1.54, 1.807) is 0 Å². The van der Waals surface area contributed by atoms with Crippen molar-refractivity contribution in [1.82, 2.24) is 10.2 Å². The van der Waals surface area contributed by atoms with E-state index < -0.39 is 0 Å². The van der Waals surface area contributed by atoms with Gasteiger partial charge < -0.3 is 16.0 Å². The first-order chi connectivity index (χ1) is 8.38. The summed E-state index contributed by atoms with van der Waals surface area (Å²) in [7, 11) is 0. The first-order valence-electron chi connectivity index (χ1n) is 6.58. The van der Waals surface area contributed by atoms with E-state index in [1.807, 2.05) is 0 Å². The second kappa shape index (κ2) is 6.74. The van der Waals surface area contributed by atoms with Crippen LogP contribution in [-0.2, 0) is 6.54 Å². The zero-order valence-electron chi connectivity index (χ0n) is 10.4. The zero-order valence-corrected chi connectivity index (χ0v) is 10.4. The molecule has 1 atom stereocenters. The van der Waals surface area contributed by atoms with E-state index in [4.69, 9.17) is 5.73 Å². The molecule has 0 spiro atoms. The molecule has 1 fully saturated rings. The molecule has 1 saturated heterocycles. The van der Waals surface area contributed by atoms with Crippen LogP contribution in [-0.4, -0.2) is 37.1 Å². The lowest BCUT2D eigenvalue weighted by Crippen LogP contribution is -2.46. The van der Waals surface area contributed by atoms with Crippen LogP contribution in [0.5, 0.6) is 0 Å². The van der Waals surface area contributed by atoms with E-state index in [2.05, 4.69) is 40.5 Å². The maximum Gasteiger partial charge on any atom is 0.0208 e. The molecular weight excluding hydrogens is 210 g/mol. The quantitative estimate of drug-likeness (QED) is 0.803. The Balaban J connectivity index is 1.75. The van der Waals surface area contributed by atoms with Crippen LogP contribution in [0.3, 0.4) is 0 Å². The van der Waals surface area contributed by atoms with E-state index >= 15 is 0 Å². The fraction of sp³-hybridized carbons (Fsp3) is 0.571. The smallest absolute Gasteiger partial charge is 0.0208 e. The van der Waals surface area contributed by atoms with Crippen molar-refractivity contribution in [2.75, 3.05) is 26.2 Å². The third-order valence-corrected chi connectivity index (χ3v) is 3.39. The van der Waals surface area contributed by atoms with Gasteiger partial charge in [-0.1, -0.05) is 30.3 Å². The van der Waals surface area contributed by atoms with Gasteiger partial charge in [-0.2, -0.15) is 0 Å². The fourth-order valence-electron chi connectivity index (χ4n) is 2.47. The van der Waals surface area contributed by atoms with Gasteiger partial charge in [0.25, 0.3) is 0 Å². The summed E-state index contributed by atoms with van der Waals surface area (Å²) in [4.78, 5) is 2.46. The van der Waals surface area contributed by atoms with Crippen molar-refractivity contribution in [2.45, 2.75) is 25.4 Å². The van der Waals surface area contributed by atoms with E-state index in [0.717, 1.165) is 26.2 Å². The number of hydrogen-bond acceptors (Lipinski definition) is 3. The molecule has 1 aromatic carbocycles. The topological polar surface area (TPSA) is 41.3 Å². The molecule has 0 amide bonds. The molecule has 3 N–H and O–H groups in total. The third-order valence-electron chi connectivity index (χ3n) is 3.39. The van der Waals surface area contributed by atoms with Crippen molar-refractivity contribution in [2.24, 2.45) is 5.73 Å². The van der Waals surface area contributed by atoms with Crippen molar-refractivity contribution in [1.29, 1.82) is 0 Å². The number of nitrogens with one attached hydrogen (secondary N) is 1. The normalized spacial score (nSPS) is 21.6. The molecule has 0 aromatic heterocycles. The van der Waals surface area contributed by atoms with Crippen LogP contribution in [0, 0.1) is 0 Å². The summed E-state index contributed by atoms with van der Waals surface area (Å²) in [6.45, 7) is 5.13. The Hall–Kier alpha value is -0.900.